The molecular weight excluding hydrogens is 262 g/mol. The van der Waals surface area contributed by atoms with Crippen molar-refractivity contribution < 1.29 is 4.52 Å². The van der Waals surface area contributed by atoms with Crippen LogP contribution in [0.15, 0.2) is 53.1 Å². The molecule has 1 aromatic heterocycles. The molecule has 0 aliphatic carbocycles. The standard InChI is InChI=1S/C17H17N3O/c1-11-8-9-12(2)14(10-11)16-19-17(21-20-16)15(18)13-6-4-3-5-7-13/h3-10,15H,18H2,1-2H3. The Morgan fingerprint density at radius 3 is 2.57 bits per heavy atom. The second-order valence-electron chi connectivity index (χ2n) is 5.16. The molecule has 1 atom stereocenters. The Morgan fingerprint density at radius 2 is 1.81 bits per heavy atom. The van der Waals surface area contributed by atoms with Crippen molar-refractivity contribution in [3.63, 3.8) is 0 Å². The lowest BCUT2D eigenvalue weighted by atomic mass is 10.1. The van der Waals surface area contributed by atoms with E-state index >= 15 is 0 Å². The molecular formula is C17H17N3O. The van der Waals surface area contributed by atoms with Crippen LogP contribution in [0.3, 0.4) is 0 Å². The predicted molar refractivity (Wildman–Crippen MR) is 81.7 cm³/mol. The Hall–Kier alpha value is -2.46. The topological polar surface area (TPSA) is 64.9 Å². The van der Waals surface area contributed by atoms with Crippen LogP contribution in [-0.2, 0) is 0 Å². The van der Waals surface area contributed by atoms with E-state index in [9.17, 15) is 0 Å². The molecule has 21 heavy (non-hydrogen) atoms. The number of aromatic nitrogens is 2. The third kappa shape index (κ3) is 2.71. The predicted octanol–water partition coefficient (Wildman–Crippen LogP) is 3.40. The van der Waals surface area contributed by atoms with Gasteiger partial charge in [0.2, 0.25) is 11.7 Å². The Kier molecular flexibility index (Phi) is 3.54. The van der Waals surface area contributed by atoms with E-state index in [1.165, 1.54) is 0 Å². The third-order valence-electron chi connectivity index (χ3n) is 3.50. The zero-order chi connectivity index (χ0) is 14.8. The first-order valence-electron chi connectivity index (χ1n) is 6.87. The zero-order valence-electron chi connectivity index (χ0n) is 12.1. The van der Waals surface area contributed by atoms with Gasteiger partial charge >= 0.3 is 0 Å². The first-order chi connectivity index (χ1) is 10.1. The highest BCUT2D eigenvalue weighted by atomic mass is 16.5. The van der Waals surface area contributed by atoms with Crippen molar-refractivity contribution in [3.05, 3.63) is 71.1 Å². The highest BCUT2D eigenvalue weighted by Gasteiger charge is 2.18. The first-order valence-corrected chi connectivity index (χ1v) is 6.87. The highest BCUT2D eigenvalue weighted by Crippen LogP contribution is 2.24. The molecule has 0 radical (unpaired) electrons. The summed E-state index contributed by atoms with van der Waals surface area (Å²) in [4.78, 5) is 4.46. The van der Waals surface area contributed by atoms with Crippen LogP contribution in [0, 0.1) is 13.8 Å². The summed E-state index contributed by atoms with van der Waals surface area (Å²) in [6.07, 6.45) is 0. The largest absolute Gasteiger partial charge is 0.337 e. The number of nitrogens with two attached hydrogens (primary N) is 1. The average molecular weight is 279 g/mol. The maximum atomic E-state index is 6.18. The maximum absolute atomic E-state index is 6.18. The number of rotatable bonds is 3. The minimum Gasteiger partial charge on any atom is -0.337 e. The van der Waals surface area contributed by atoms with Gasteiger partial charge in [0, 0.05) is 5.56 Å². The van der Waals surface area contributed by atoms with Gasteiger partial charge in [0.1, 0.15) is 6.04 Å². The molecule has 4 heteroatoms. The van der Waals surface area contributed by atoms with Gasteiger partial charge in [-0.25, -0.2) is 0 Å². The summed E-state index contributed by atoms with van der Waals surface area (Å²) in [6, 6.07) is 15.5. The second kappa shape index (κ2) is 5.50. The zero-order valence-corrected chi connectivity index (χ0v) is 12.1. The fraction of sp³-hybridized carbons (Fsp3) is 0.176. The Morgan fingerprint density at radius 1 is 1.05 bits per heavy atom. The van der Waals surface area contributed by atoms with Crippen LogP contribution >= 0.6 is 0 Å². The van der Waals surface area contributed by atoms with Gasteiger partial charge in [0.05, 0.1) is 0 Å². The number of hydrogen-bond donors (Lipinski definition) is 1. The smallest absolute Gasteiger partial charge is 0.248 e. The molecule has 2 N–H and O–H groups in total. The van der Waals surface area contributed by atoms with Gasteiger partial charge in [-0.1, -0.05) is 53.2 Å². The molecule has 3 aromatic rings. The van der Waals surface area contributed by atoms with Crippen LogP contribution in [-0.4, -0.2) is 10.1 Å². The lowest BCUT2D eigenvalue weighted by molar-refractivity contribution is 0.367. The van der Waals surface area contributed by atoms with Crippen LogP contribution in [0.5, 0.6) is 0 Å². The Bertz CT molecular complexity index is 750. The molecule has 0 fully saturated rings. The van der Waals surface area contributed by atoms with Gasteiger partial charge in [-0.3, -0.25) is 0 Å². The van der Waals surface area contributed by atoms with E-state index in [1.807, 2.05) is 44.2 Å². The SMILES string of the molecule is Cc1ccc(C)c(-c2noc(C(N)c3ccccc3)n2)c1. The Balaban J connectivity index is 1.95. The van der Waals surface area contributed by atoms with Crippen molar-refractivity contribution in [2.45, 2.75) is 19.9 Å². The first kappa shape index (κ1) is 13.5. The van der Waals surface area contributed by atoms with Crippen LogP contribution in [0.4, 0.5) is 0 Å². The van der Waals surface area contributed by atoms with E-state index in [4.69, 9.17) is 10.3 Å². The van der Waals surface area contributed by atoms with Gasteiger partial charge < -0.3 is 10.3 Å². The molecule has 0 spiro atoms. The van der Waals surface area contributed by atoms with Crippen LogP contribution < -0.4 is 5.73 Å². The molecule has 4 nitrogen and oxygen atoms in total. The van der Waals surface area contributed by atoms with E-state index in [2.05, 4.69) is 28.3 Å². The molecule has 106 valence electrons. The summed E-state index contributed by atoms with van der Waals surface area (Å²) in [5.41, 5.74) is 10.4. The summed E-state index contributed by atoms with van der Waals surface area (Å²) in [7, 11) is 0. The summed E-state index contributed by atoms with van der Waals surface area (Å²) in [5.74, 6) is 1.01. The lowest BCUT2D eigenvalue weighted by Gasteiger charge is -2.06. The Labute approximate surface area is 123 Å². The van der Waals surface area contributed by atoms with Gasteiger partial charge in [0.15, 0.2) is 0 Å². The monoisotopic (exact) mass is 279 g/mol. The van der Waals surface area contributed by atoms with Crippen molar-refractivity contribution in [2.24, 2.45) is 5.73 Å². The molecule has 0 saturated carbocycles. The quantitative estimate of drug-likeness (QED) is 0.798. The van der Waals surface area contributed by atoms with Gasteiger partial charge in [0.25, 0.3) is 0 Å². The van der Waals surface area contributed by atoms with Crippen LogP contribution in [0.25, 0.3) is 11.4 Å². The van der Waals surface area contributed by atoms with E-state index in [0.717, 1.165) is 22.3 Å². The van der Waals surface area contributed by atoms with E-state index in [-0.39, 0.29) is 0 Å². The molecule has 0 aliphatic heterocycles. The van der Waals surface area contributed by atoms with Crippen LogP contribution in [0.2, 0.25) is 0 Å². The molecule has 0 amide bonds. The minimum absolute atomic E-state index is 0.405. The number of aryl methyl sites for hydroxylation is 2. The summed E-state index contributed by atoms with van der Waals surface area (Å²) < 4.78 is 5.34. The molecule has 0 saturated heterocycles. The maximum Gasteiger partial charge on any atom is 0.248 e. The van der Waals surface area contributed by atoms with Gasteiger partial charge in [-0.15, -0.1) is 0 Å². The summed E-state index contributed by atoms with van der Waals surface area (Å²) >= 11 is 0. The minimum atomic E-state index is -0.405. The number of nitrogens with zero attached hydrogens (tertiary/aromatic N) is 2. The summed E-state index contributed by atoms with van der Waals surface area (Å²) in [6.45, 7) is 4.07. The normalized spacial score (nSPS) is 12.3. The molecule has 0 bridgehead atoms. The lowest BCUT2D eigenvalue weighted by Crippen LogP contribution is -2.12. The average Bonchev–Trinajstić information content (AvgIpc) is 2.99. The number of hydrogen-bond acceptors (Lipinski definition) is 4. The summed E-state index contributed by atoms with van der Waals surface area (Å²) in [5, 5.41) is 4.07. The molecule has 3 rings (SSSR count). The second-order valence-corrected chi connectivity index (χ2v) is 5.16. The van der Waals surface area contributed by atoms with Gasteiger partial charge in [-0.2, -0.15) is 4.98 Å². The third-order valence-corrected chi connectivity index (χ3v) is 3.50. The van der Waals surface area contributed by atoms with E-state index < -0.39 is 6.04 Å². The van der Waals surface area contributed by atoms with Crippen molar-refractivity contribution in [2.75, 3.05) is 0 Å². The van der Waals surface area contributed by atoms with Gasteiger partial charge in [-0.05, 0) is 31.0 Å². The van der Waals surface area contributed by atoms with Crippen molar-refractivity contribution in [1.29, 1.82) is 0 Å². The molecule has 1 heterocycles. The van der Waals surface area contributed by atoms with Crippen molar-refractivity contribution in [1.82, 2.24) is 10.1 Å². The molecule has 0 aliphatic rings. The van der Waals surface area contributed by atoms with E-state index in [0.29, 0.717) is 11.7 Å². The van der Waals surface area contributed by atoms with Crippen LogP contribution in [0.1, 0.15) is 28.6 Å². The highest BCUT2D eigenvalue weighted by molar-refractivity contribution is 5.60. The van der Waals surface area contributed by atoms with Crippen molar-refractivity contribution >= 4 is 0 Å². The fourth-order valence-electron chi connectivity index (χ4n) is 2.25. The molecule has 1 unspecified atom stereocenters. The van der Waals surface area contributed by atoms with E-state index in [1.54, 1.807) is 0 Å². The fourth-order valence-corrected chi connectivity index (χ4v) is 2.25. The molecule has 2 aromatic carbocycles. The number of benzene rings is 2. The van der Waals surface area contributed by atoms with Crippen molar-refractivity contribution in [3.8, 4) is 11.4 Å².